The number of rotatable bonds is 4. The zero-order chi connectivity index (χ0) is 14.3. The second kappa shape index (κ2) is 5.34. The van der Waals surface area contributed by atoms with Crippen LogP contribution >= 0.6 is 15.9 Å². The molecule has 1 heterocycles. The van der Waals surface area contributed by atoms with Crippen LogP contribution in [0.5, 0.6) is 0 Å². The Hall–Kier alpha value is -1.13. The monoisotopic (exact) mass is 333 g/mol. The lowest BCUT2D eigenvalue weighted by Crippen LogP contribution is -2.16. The third-order valence-corrected chi connectivity index (χ3v) is 4.47. The number of aromatic nitrogens is 2. The van der Waals surface area contributed by atoms with E-state index in [9.17, 15) is 0 Å². The summed E-state index contributed by atoms with van der Waals surface area (Å²) in [5.41, 5.74) is 6.08. The number of nitrogens with one attached hydrogen (secondary N) is 1. The van der Waals surface area contributed by atoms with Gasteiger partial charge in [-0.15, -0.1) is 0 Å². The Balaban J connectivity index is 1.94. The SMILES string of the molecule is Cc1cc(Br)ccc1-n1nc(C)c(CNC2CC2)c1C. The topological polar surface area (TPSA) is 29.9 Å². The smallest absolute Gasteiger partial charge is 0.0678 e. The maximum atomic E-state index is 4.73. The Bertz CT molecular complexity index is 641. The summed E-state index contributed by atoms with van der Waals surface area (Å²) in [6, 6.07) is 7.05. The van der Waals surface area contributed by atoms with Crippen LogP contribution in [0.4, 0.5) is 0 Å². The van der Waals surface area contributed by atoms with Crippen molar-refractivity contribution in [1.82, 2.24) is 15.1 Å². The van der Waals surface area contributed by atoms with Gasteiger partial charge in [0, 0.05) is 28.3 Å². The third-order valence-electron chi connectivity index (χ3n) is 3.97. The number of benzene rings is 1. The summed E-state index contributed by atoms with van der Waals surface area (Å²) >= 11 is 3.52. The molecule has 2 aromatic rings. The summed E-state index contributed by atoms with van der Waals surface area (Å²) in [6.07, 6.45) is 2.64. The van der Waals surface area contributed by atoms with E-state index in [0.29, 0.717) is 0 Å². The molecule has 0 radical (unpaired) electrons. The first-order valence-electron chi connectivity index (χ1n) is 7.11. The fourth-order valence-corrected chi connectivity index (χ4v) is 3.03. The molecule has 0 unspecified atom stereocenters. The first kappa shape index (κ1) is 13.8. The van der Waals surface area contributed by atoms with Crippen molar-refractivity contribution in [2.75, 3.05) is 0 Å². The van der Waals surface area contributed by atoms with E-state index in [-0.39, 0.29) is 0 Å². The van der Waals surface area contributed by atoms with Crippen LogP contribution in [0.25, 0.3) is 5.69 Å². The summed E-state index contributed by atoms with van der Waals surface area (Å²) in [5, 5.41) is 8.31. The summed E-state index contributed by atoms with van der Waals surface area (Å²) in [5.74, 6) is 0. The molecule has 106 valence electrons. The zero-order valence-corrected chi connectivity index (χ0v) is 13.8. The predicted molar refractivity (Wildman–Crippen MR) is 85.3 cm³/mol. The third kappa shape index (κ3) is 2.67. The van der Waals surface area contributed by atoms with Gasteiger partial charge in [-0.25, -0.2) is 4.68 Å². The second-order valence-corrected chi connectivity index (χ2v) is 6.56. The Kier molecular flexibility index (Phi) is 3.69. The van der Waals surface area contributed by atoms with Gasteiger partial charge in [0.2, 0.25) is 0 Å². The minimum atomic E-state index is 0.728. The molecule has 1 aliphatic rings. The van der Waals surface area contributed by atoms with E-state index in [2.05, 4.69) is 64.9 Å². The standard InChI is InChI=1S/C16H20BrN3/c1-10-8-13(17)4-7-16(10)20-12(3)15(11(2)19-20)9-18-14-5-6-14/h4,7-8,14,18H,5-6,9H2,1-3H3. The molecule has 0 spiro atoms. The van der Waals surface area contributed by atoms with Gasteiger partial charge in [0.1, 0.15) is 0 Å². The number of aryl methyl sites for hydroxylation is 2. The quantitative estimate of drug-likeness (QED) is 0.921. The molecule has 0 amide bonds. The lowest BCUT2D eigenvalue weighted by Gasteiger charge is -2.09. The van der Waals surface area contributed by atoms with Gasteiger partial charge in [0.15, 0.2) is 0 Å². The van der Waals surface area contributed by atoms with E-state index in [1.807, 2.05) is 0 Å². The van der Waals surface area contributed by atoms with Gasteiger partial charge in [-0.05, 0) is 57.4 Å². The normalized spacial score (nSPS) is 14.8. The maximum absolute atomic E-state index is 4.73. The molecule has 4 heteroatoms. The van der Waals surface area contributed by atoms with Crippen molar-refractivity contribution < 1.29 is 0 Å². The minimum Gasteiger partial charge on any atom is -0.310 e. The van der Waals surface area contributed by atoms with Crippen molar-refractivity contribution >= 4 is 15.9 Å². The molecule has 3 nitrogen and oxygen atoms in total. The van der Waals surface area contributed by atoms with Crippen LogP contribution in [0.2, 0.25) is 0 Å². The number of hydrogen-bond acceptors (Lipinski definition) is 2. The van der Waals surface area contributed by atoms with Crippen molar-refractivity contribution in [3.8, 4) is 5.69 Å². The highest BCUT2D eigenvalue weighted by atomic mass is 79.9. The molecule has 1 saturated carbocycles. The molecule has 1 aliphatic carbocycles. The molecular weight excluding hydrogens is 314 g/mol. The number of nitrogens with zero attached hydrogens (tertiary/aromatic N) is 2. The molecule has 1 aromatic heterocycles. The predicted octanol–water partition coefficient (Wildman–Crippen LogP) is 3.81. The van der Waals surface area contributed by atoms with E-state index >= 15 is 0 Å². The highest BCUT2D eigenvalue weighted by Crippen LogP contribution is 2.24. The molecule has 0 aliphatic heterocycles. The zero-order valence-electron chi connectivity index (χ0n) is 12.2. The van der Waals surface area contributed by atoms with Crippen molar-refractivity contribution in [2.24, 2.45) is 0 Å². The number of hydrogen-bond donors (Lipinski definition) is 1. The molecule has 1 N–H and O–H groups in total. The molecule has 20 heavy (non-hydrogen) atoms. The van der Waals surface area contributed by atoms with Gasteiger partial charge < -0.3 is 5.32 Å². The summed E-state index contributed by atoms with van der Waals surface area (Å²) in [4.78, 5) is 0. The lowest BCUT2D eigenvalue weighted by molar-refractivity contribution is 0.682. The van der Waals surface area contributed by atoms with Gasteiger partial charge in [-0.3, -0.25) is 0 Å². The fourth-order valence-electron chi connectivity index (χ4n) is 2.56. The van der Waals surface area contributed by atoms with Gasteiger partial charge in [0.25, 0.3) is 0 Å². The Morgan fingerprint density at radius 1 is 1.30 bits per heavy atom. The van der Waals surface area contributed by atoms with E-state index in [1.165, 1.54) is 29.7 Å². The average Bonchev–Trinajstić information content (AvgIpc) is 3.16. The average molecular weight is 334 g/mol. The fraction of sp³-hybridized carbons (Fsp3) is 0.438. The molecule has 1 aromatic carbocycles. The summed E-state index contributed by atoms with van der Waals surface area (Å²) < 4.78 is 3.18. The van der Waals surface area contributed by atoms with Gasteiger partial charge >= 0.3 is 0 Å². The van der Waals surface area contributed by atoms with Crippen LogP contribution < -0.4 is 5.32 Å². The Labute approximate surface area is 128 Å². The first-order valence-corrected chi connectivity index (χ1v) is 7.90. The van der Waals surface area contributed by atoms with E-state index < -0.39 is 0 Å². The van der Waals surface area contributed by atoms with E-state index in [4.69, 9.17) is 5.10 Å². The van der Waals surface area contributed by atoms with Gasteiger partial charge in [0.05, 0.1) is 11.4 Å². The van der Waals surface area contributed by atoms with Crippen LogP contribution in [-0.2, 0) is 6.54 Å². The van der Waals surface area contributed by atoms with Crippen molar-refractivity contribution in [1.29, 1.82) is 0 Å². The van der Waals surface area contributed by atoms with Crippen LogP contribution in [0, 0.1) is 20.8 Å². The van der Waals surface area contributed by atoms with Crippen LogP contribution in [0.3, 0.4) is 0 Å². The van der Waals surface area contributed by atoms with Gasteiger partial charge in [-0.2, -0.15) is 5.10 Å². The molecule has 3 rings (SSSR count). The lowest BCUT2D eigenvalue weighted by atomic mass is 10.1. The molecular formula is C16H20BrN3. The van der Waals surface area contributed by atoms with Crippen LogP contribution in [0.1, 0.15) is 35.4 Å². The number of halogens is 1. The largest absolute Gasteiger partial charge is 0.310 e. The molecule has 0 saturated heterocycles. The van der Waals surface area contributed by atoms with E-state index in [0.717, 1.165) is 28.4 Å². The maximum Gasteiger partial charge on any atom is 0.0678 e. The van der Waals surface area contributed by atoms with Crippen molar-refractivity contribution in [3.63, 3.8) is 0 Å². The van der Waals surface area contributed by atoms with E-state index in [1.54, 1.807) is 0 Å². The van der Waals surface area contributed by atoms with Crippen LogP contribution in [0.15, 0.2) is 22.7 Å². The second-order valence-electron chi connectivity index (χ2n) is 5.65. The van der Waals surface area contributed by atoms with Crippen molar-refractivity contribution in [3.05, 3.63) is 45.2 Å². The highest BCUT2D eigenvalue weighted by Gasteiger charge is 2.22. The first-order chi connectivity index (χ1) is 9.56. The summed E-state index contributed by atoms with van der Waals surface area (Å²) in [7, 11) is 0. The highest BCUT2D eigenvalue weighted by molar-refractivity contribution is 9.10. The molecule has 0 atom stereocenters. The van der Waals surface area contributed by atoms with Crippen molar-refractivity contribution in [2.45, 2.75) is 46.2 Å². The summed E-state index contributed by atoms with van der Waals surface area (Å²) in [6.45, 7) is 7.31. The van der Waals surface area contributed by atoms with Crippen LogP contribution in [-0.4, -0.2) is 15.8 Å². The molecule has 1 fully saturated rings. The molecule has 0 bridgehead atoms. The Morgan fingerprint density at radius 3 is 2.70 bits per heavy atom. The Morgan fingerprint density at radius 2 is 2.05 bits per heavy atom. The minimum absolute atomic E-state index is 0.728. The van der Waals surface area contributed by atoms with Gasteiger partial charge in [-0.1, -0.05) is 15.9 Å².